The Morgan fingerprint density at radius 3 is 2.32 bits per heavy atom. The second kappa shape index (κ2) is 11.8. The molecular formula is C29H21F4N5O3. The summed E-state index contributed by atoms with van der Waals surface area (Å²) in [5.74, 6) is -3.63. The van der Waals surface area contributed by atoms with Crippen molar-refractivity contribution in [1.82, 2.24) is 9.97 Å². The number of rotatable bonds is 7. The van der Waals surface area contributed by atoms with Gasteiger partial charge in [-0.15, -0.1) is 0 Å². The summed E-state index contributed by atoms with van der Waals surface area (Å²) in [5.41, 5.74) is 4.47. The summed E-state index contributed by atoms with van der Waals surface area (Å²) in [6, 6.07) is 13.9. The van der Waals surface area contributed by atoms with Crippen LogP contribution in [0.5, 0.6) is 0 Å². The van der Waals surface area contributed by atoms with Gasteiger partial charge in [-0.3, -0.25) is 19.8 Å². The average Bonchev–Trinajstić information content (AvgIpc) is 2.95. The zero-order chi connectivity index (χ0) is 29.7. The van der Waals surface area contributed by atoms with E-state index in [9.17, 15) is 27.2 Å². The molecule has 41 heavy (non-hydrogen) atoms. The zero-order valence-electron chi connectivity index (χ0n) is 21.3. The minimum absolute atomic E-state index is 0.0387. The van der Waals surface area contributed by atoms with Crippen molar-refractivity contribution in [3.63, 3.8) is 0 Å². The summed E-state index contributed by atoms with van der Waals surface area (Å²) in [6.07, 6.45) is -0.0683. The van der Waals surface area contributed by atoms with Gasteiger partial charge in [0.15, 0.2) is 0 Å². The number of carbonyl (C=O) groups is 2. The SMILES string of the molecule is CN=CC=C(N)c1cc(C(=O)Nc2cc(-c3ccc(C(=O)O)cn3)cnc2-c2ccccc2)c(F)cc1C(F)(F)F. The van der Waals surface area contributed by atoms with Crippen molar-refractivity contribution >= 4 is 29.5 Å². The van der Waals surface area contributed by atoms with E-state index in [0.29, 0.717) is 16.8 Å². The lowest BCUT2D eigenvalue weighted by Crippen LogP contribution is -2.19. The van der Waals surface area contributed by atoms with Gasteiger partial charge in [-0.25, -0.2) is 9.18 Å². The molecule has 208 valence electrons. The molecule has 2 aromatic carbocycles. The Bertz CT molecular complexity index is 1670. The van der Waals surface area contributed by atoms with Crippen LogP contribution in [0.4, 0.5) is 23.2 Å². The molecule has 0 spiro atoms. The first kappa shape index (κ1) is 28.6. The topological polar surface area (TPSA) is 131 Å². The second-order valence-electron chi connectivity index (χ2n) is 8.58. The number of carboxylic acids is 1. The molecule has 2 aromatic heterocycles. The number of halogens is 4. The summed E-state index contributed by atoms with van der Waals surface area (Å²) in [7, 11) is 1.39. The van der Waals surface area contributed by atoms with Crippen LogP contribution < -0.4 is 11.1 Å². The number of nitrogens with two attached hydrogens (primary N) is 1. The fourth-order valence-corrected chi connectivity index (χ4v) is 3.87. The van der Waals surface area contributed by atoms with E-state index in [-0.39, 0.29) is 28.7 Å². The molecule has 0 fully saturated rings. The molecule has 0 aliphatic rings. The molecular weight excluding hydrogens is 542 g/mol. The second-order valence-corrected chi connectivity index (χ2v) is 8.58. The van der Waals surface area contributed by atoms with Gasteiger partial charge >= 0.3 is 12.1 Å². The molecule has 1 amide bonds. The number of alkyl halides is 3. The largest absolute Gasteiger partial charge is 0.478 e. The maximum Gasteiger partial charge on any atom is 0.417 e. The number of allylic oxidation sites excluding steroid dienone is 1. The highest BCUT2D eigenvalue weighted by Gasteiger charge is 2.36. The summed E-state index contributed by atoms with van der Waals surface area (Å²) in [5, 5.41) is 11.7. The molecule has 4 rings (SSSR count). The fourth-order valence-electron chi connectivity index (χ4n) is 3.87. The van der Waals surface area contributed by atoms with Crippen LogP contribution in [-0.4, -0.2) is 40.2 Å². The van der Waals surface area contributed by atoms with E-state index in [1.165, 1.54) is 37.7 Å². The first-order valence-electron chi connectivity index (χ1n) is 11.8. The maximum atomic E-state index is 15.0. The highest BCUT2D eigenvalue weighted by atomic mass is 19.4. The third-order valence-electron chi connectivity index (χ3n) is 5.86. The van der Waals surface area contributed by atoms with Crippen molar-refractivity contribution in [2.75, 3.05) is 12.4 Å². The molecule has 8 nitrogen and oxygen atoms in total. The highest BCUT2D eigenvalue weighted by Crippen LogP contribution is 2.36. The number of amides is 1. The van der Waals surface area contributed by atoms with Crippen molar-refractivity contribution < 1.29 is 32.3 Å². The van der Waals surface area contributed by atoms with Crippen LogP contribution in [-0.2, 0) is 6.18 Å². The number of carboxylic acid groups (broad SMARTS) is 1. The number of hydrogen-bond donors (Lipinski definition) is 3. The molecule has 0 aliphatic heterocycles. The molecule has 4 aromatic rings. The zero-order valence-corrected chi connectivity index (χ0v) is 21.3. The van der Waals surface area contributed by atoms with Crippen molar-refractivity contribution in [3.05, 3.63) is 107 Å². The van der Waals surface area contributed by atoms with Crippen LogP contribution >= 0.6 is 0 Å². The van der Waals surface area contributed by atoms with E-state index < -0.39 is 40.6 Å². The first-order valence-corrected chi connectivity index (χ1v) is 11.8. The van der Waals surface area contributed by atoms with Gasteiger partial charge in [-0.05, 0) is 36.4 Å². The van der Waals surface area contributed by atoms with Crippen molar-refractivity contribution in [3.8, 4) is 22.5 Å². The monoisotopic (exact) mass is 563 g/mol. The van der Waals surface area contributed by atoms with Gasteiger partial charge < -0.3 is 16.2 Å². The van der Waals surface area contributed by atoms with Gasteiger partial charge in [-0.2, -0.15) is 13.2 Å². The number of hydrogen-bond acceptors (Lipinski definition) is 6. The minimum Gasteiger partial charge on any atom is -0.478 e. The van der Waals surface area contributed by atoms with Crippen LogP contribution in [0, 0.1) is 5.82 Å². The van der Waals surface area contributed by atoms with Crippen LogP contribution in [0.15, 0.2) is 84.1 Å². The van der Waals surface area contributed by atoms with E-state index in [4.69, 9.17) is 10.8 Å². The number of nitrogens with one attached hydrogen (secondary N) is 1. The number of benzene rings is 2. The summed E-state index contributed by atoms with van der Waals surface area (Å²) in [4.78, 5) is 36.7. The van der Waals surface area contributed by atoms with Gasteiger partial charge in [0.2, 0.25) is 0 Å². The van der Waals surface area contributed by atoms with Crippen LogP contribution in [0.1, 0.15) is 31.8 Å². The third kappa shape index (κ3) is 6.44. The Morgan fingerprint density at radius 2 is 1.71 bits per heavy atom. The molecule has 0 saturated heterocycles. The molecule has 0 atom stereocenters. The number of pyridine rings is 2. The molecule has 12 heteroatoms. The number of aliphatic imine (C=N–C) groups is 1. The number of aromatic nitrogens is 2. The van der Waals surface area contributed by atoms with Gasteiger partial charge in [-0.1, -0.05) is 30.3 Å². The van der Waals surface area contributed by atoms with E-state index in [1.54, 1.807) is 30.3 Å². The minimum atomic E-state index is -4.95. The van der Waals surface area contributed by atoms with E-state index in [0.717, 1.165) is 18.3 Å². The predicted molar refractivity (Wildman–Crippen MR) is 146 cm³/mol. The molecule has 0 bridgehead atoms. The Labute approximate surface area is 230 Å². The van der Waals surface area contributed by atoms with E-state index >= 15 is 0 Å². The molecule has 0 radical (unpaired) electrons. The average molecular weight is 564 g/mol. The Kier molecular flexibility index (Phi) is 8.22. The Hall–Kier alpha value is -5.39. The molecule has 0 unspecified atom stereocenters. The molecule has 0 saturated carbocycles. The quantitative estimate of drug-likeness (QED) is 0.189. The van der Waals surface area contributed by atoms with E-state index in [2.05, 4.69) is 20.3 Å². The van der Waals surface area contributed by atoms with Crippen LogP contribution in [0.2, 0.25) is 0 Å². The highest BCUT2D eigenvalue weighted by molar-refractivity contribution is 6.07. The number of nitrogens with zero attached hydrogens (tertiary/aromatic N) is 3. The van der Waals surface area contributed by atoms with Gasteiger partial charge in [0.1, 0.15) is 5.82 Å². The first-order chi connectivity index (χ1) is 19.5. The lowest BCUT2D eigenvalue weighted by Gasteiger charge is -2.17. The molecule has 0 aliphatic carbocycles. The van der Waals surface area contributed by atoms with Gasteiger partial charge in [0.05, 0.1) is 33.8 Å². The fraction of sp³-hybridized carbons (Fsp3) is 0.0690. The summed E-state index contributed by atoms with van der Waals surface area (Å²) >= 11 is 0. The number of anilines is 1. The number of aromatic carboxylic acids is 1. The Balaban J connectivity index is 1.81. The number of carbonyl (C=O) groups excluding carboxylic acids is 1. The standard InChI is InChI=1S/C29H21F4N5O3/c1-35-10-9-23(34)19-12-20(22(30)13-21(19)29(31,32)33)27(39)38-25-11-18(24-8-7-17(14-36-24)28(40)41)15-37-26(25)16-5-3-2-4-6-16/h2-15H,34H2,1H3,(H,38,39)(H,40,41). The van der Waals surface area contributed by atoms with Crippen LogP contribution in [0.25, 0.3) is 28.2 Å². The molecule has 4 N–H and O–H groups in total. The maximum absolute atomic E-state index is 15.0. The lowest BCUT2D eigenvalue weighted by molar-refractivity contribution is -0.138. The smallest absolute Gasteiger partial charge is 0.417 e. The van der Waals surface area contributed by atoms with Gasteiger partial charge in [0, 0.05) is 48.0 Å². The lowest BCUT2D eigenvalue weighted by atomic mass is 9.99. The van der Waals surface area contributed by atoms with Gasteiger partial charge in [0.25, 0.3) is 5.91 Å². The summed E-state index contributed by atoms with van der Waals surface area (Å²) in [6.45, 7) is 0. The molecule has 2 heterocycles. The van der Waals surface area contributed by atoms with E-state index in [1.807, 2.05) is 0 Å². The Morgan fingerprint density at radius 1 is 0.976 bits per heavy atom. The van der Waals surface area contributed by atoms with Crippen molar-refractivity contribution in [2.45, 2.75) is 6.18 Å². The van der Waals surface area contributed by atoms with Crippen LogP contribution in [0.3, 0.4) is 0 Å². The van der Waals surface area contributed by atoms with Crippen molar-refractivity contribution in [1.29, 1.82) is 0 Å². The summed E-state index contributed by atoms with van der Waals surface area (Å²) < 4.78 is 56.0. The third-order valence-corrected chi connectivity index (χ3v) is 5.86. The predicted octanol–water partition coefficient (Wildman–Crippen LogP) is 5.92. The normalized spacial score (nSPS) is 12.0. The van der Waals surface area contributed by atoms with Crippen molar-refractivity contribution in [2.24, 2.45) is 10.7 Å².